The highest BCUT2D eigenvalue weighted by Gasteiger charge is 2.57. The summed E-state index contributed by atoms with van der Waals surface area (Å²) in [6.07, 6.45) is 0.105. The van der Waals surface area contributed by atoms with Crippen LogP contribution in [0.25, 0.3) is 0 Å². The summed E-state index contributed by atoms with van der Waals surface area (Å²) in [5.41, 5.74) is -2.94. The molecule has 0 aromatic rings. The number of carbonyl (C=O) groups is 2. The van der Waals surface area contributed by atoms with E-state index in [1.165, 1.54) is 0 Å². The van der Waals surface area contributed by atoms with E-state index in [0.717, 1.165) is 0 Å². The Morgan fingerprint density at radius 2 is 1.19 bits per heavy atom. The van der Waals surface area contributed by atoms with Gasteiger partial charge in [0.05, 0.1) is 0 Å². The van der Waals surface area contributed by atoms with Crippen molar-refractivity contribution >= 4 is 11.9 Å². The van der Waals surface area contributed by atoms with Gasteiger partial charge in [0.15, 0.2) is 5.41 Å². The molecule has 4 heteroatoms. The summed E-state index contributed by atoms with van der Waals surface area (Å²) in [6.45, 7) is 10.5. The van der Waals surface area contributed by atoms with E-state index in [2.05, 4.69) is 0 Å². The third-order valence-corrected chi connectivity index (χ3v) is 2.81. The van der Waals surface area contributed by atoms with Gasteiger partial charge in [0.2, 0.25) is 0 Å². The van der Waals surface area contributed by atoms with Crippen molar-refractivity contribution in [2.75, 3.05) is 0 Å². The molecule has 0 unspecified atom stereocenters. The van der Waals surface area contributed by atoms with Crippen molar-refractivity contribution in [3.05, 3.63) is 0 Å². The quantitative estimate of drug-likeness (QED) is 0.731. The van der Waals surface area contributed by atoms with Gasteiger partial charge in [-0.05, 0) is 17.3 Å². The molecule has 0 aliphatic carbocycles. The molecule has 0 aliphatic rings. The molecule has 0 radical (unpaired) electrons. The van der Waals surface area contributed by atoms with Crippen molar-refractivity contribution in [3.63, 3.8) is 0 Å². The Labute approximate surface area is 96.7 Å². The van der Waals surface area contributed by atoms with Crippen LogP contribution in [-0.2, 0) is 9.59 Å². The number of carboxylic acids is 2. The van der Waals surface area contributed by atoms with Gasteiger partial charge in [0.25, 0.3) is 0 Å². The van der Waals surface area contributed by atoms with Crippen LogP contribution in [0.5, 0.6) is 0 Å². The molecule has 16 heavy (non-hydrogen) atoms. The fraction of sp³-hybridized carbons (Fsp3) is 0.833. The van der Waals surface area contributed by atoms with E-state index in [-0.39, 0.29) is 11.8 Å². The number of hydrogen-bond acceptors (Lipinski definition) is 2. The van der Waals surface area contributed by atoms with Crippen LogP contribution in [0, 0.1) is 16.2 Å². The largest absolute Gasteiger partial charge is 0.480 e. The highest BCUT2D eigenvalue weighted by atomic mass is 16.4. The van der Waals surface area contributed by atoms with Crippen molar-refractivity contribution in [2.24, 2.45) is 16.2 Å². The Morgan fingerprint density at radius 3 is 1.25 bits per heavy atom. The summed E-state index contributed by atoms with van der Waals surface area (Å²) in [5.74, 6) is -2.52. The number of aliphatic carboxylic acids is 2. The first-order valence-corrected chi connectivity index (χ1v) is 5.31. The van der Waals surface area contributed by atoms with Gasteiger partial charge in [-0.1, -0.05) is 41.5 Å². The molecule has 0 bridgehead atoms. The van der Waals surface area contributed by atoms with Gasteiger partial charge in [-0.2, -0.15) is 0 Å². The molecule has 0 saturated carbocycles. The van der Waals surface area contributed by atoms with Crippen LogP contribution >= 0.6 is 0 Å². The molecule has 0 saturated heterocycles. The van der Waals surface area contributed by atoms with Crippen LogP contribution in [-0.4, -0.2) is 22.2 Å². The van der Waals surface area contributed by atoms with Crippen LogP contribution < -0.4 is 0 Å². The lowest BCUT2D eigenvalue weighted by atomic mass is 9.60. The first-order valence-electron chi connectivity index (χ1n) is 5.31. The molecule has 94 valence electrons. The second-order valence-electron chi connectivity index (χ2n) is 6.50. The maximum absolute atomic E-state index is 11.4. The van der Waals surface area contributed by atoms with Gasteiger partial charge in [-0.25, -0.2) is 0 Å². The van der Waals surface area contributed by atoms with Crippen LogP contribution in [0.3, 0.4) is 0 Å². The van der Waals surface area contributed by atoms with E-state index in [1.807, 2.05) is 20.8 Å². The second-order valence-corrected chi connectivity index (χ2v) is 6.50. The van der Waals surface area contributed by atoms with Crippen molar-refractivity contribution in [2.45, 2.75) is 48.0 Å². The molecule has 4 nitrogen and oxygen atoms in total. The van der Waals surface area contributed by atoms with E-state index >= 15 is 0 Å². The van der Waals surface area contributed by atoms with Gasteiger partial charge < -0.3 is 10.2 Å². The van der Waals surface area contributed by atoms with Crippen molar-refractivity contribution in [3.8, 4) is 0 Å². The maximum Gasteiger partial charge on any atom is 0.321 e. The fourth-order valence-electron chi connectivity index (χ4n) is 1.94. The molecule has 0 rings (SSSR count). The average molecular weight is 230 g/mol. The third kappa shape index (κ3) is 2.74. The topological polar surface area (TPSA) is 74.6 Å². The second kappa shape index (κ2) is 4.07. The molecule has 0 fully saturated rings. The van der Waals surface area contributed by atoms with Crippen molar-refractivity contribution in [1.29, 1.82) is 0 Å². The standard InChI is InChI=1S/C12H22O4/c1-10(2,3)7-12(8(13)14,9(15)16)11(4,5)6/h7H2,1-6H3,(H,13,14)(H,15,16). The summed E-state index contributed by atoms with van der Waals surface area (Å²) in [6, 6.07) is 0. The van der Waals surface area contributed by atoms with E-state index in [9.17, 15) is 19.8 Å². The number of rotatable bonds is 3. The molecular formula is C12H22O4. The van der Waals surface area contributed by atoms with Crippen LogP contribution in [0.2, 0.25) is 0 Å². The van der Waals surface area contributed by atoms with Gasteiger partial charge in [-0.15, -0.1) is 0 Å². The SMILES string of the molecule is CC(C)(C)CC(C(=O)O)(C(=O)O)C(C)(C)C. The first kappa shape index (κ1) is 14.9. The van der Waals surface area contributed by atoms with E-state index in [0.29, 0.717) is 0 Å². The van der Waals surface area contributed by atoms with Gasteiger partial charge in [-0.3, -0.25) is 9.59 Å². The van der Waals surface area contributed by atoms with Gasteiger partial charge >= 0.3 is 11.9 Å². The molecule has 0 heterocycles. The minimum Gasteiger partial charge on any atom is -0.480 e. The molecule has 0 aliphatic heterocycles. The number of hydrogen-bond donors (Lipinski definition) is 2. The molecule has 0 atom stereocenters. The Hall–Kier alpha value is -1.06. The Balaban J connectivity index is 5.66. The highest BCUT2D eigenvalue weighted by Crippen LogP contribution is 2.47. The van der Waals surface area contributed by atoms with Crippen LogP contribution in [0.15, 0.2) is 0 Å². The molecule has 0 amide bonds. The maximum atomic E-state index is 11.4. The summed E-state index contributed by atoms with van der Waals surface area (Å²) >= 11 is 0. The van der Waals surface area contributed by atoms with Crippen LogP contribution in [0.1, 0.15) is 48.0 Å². The lowest BCUT2D eigenvalue weighted by Gasteiger charge is -2.41. The van der Waals surface area contributed by atoms with E-state index < -0.39 is 22.8 Å². The van der Waals surface area contributed by atoms with Crippen molar-refractivity contribution < 1.29 is 19.8 Å². The third-order valence-electron chi connectivity index (χ3n) is 2.81. The Kier molecular flexibility index (Phi) is 3.80. The average Bonchev–Trinajstić information content (AvgIpc) is 1.94. The monoisotopic (exact) mass is 230 g/mol. The zero-order valence-corrected chi connectivity index (χ0v) is 10.9. The predicted molar refractivity (Wildman–Crippen MR) is 61.2 cm³/mol. The van der Waals surface area contributed by atoms with E-state index in [1.54, 1.807) is 20.8 Å². The first-order chi connectivity index (χ1) is 6.84. The normalized spacial score (nSPS) is 13.6. The zero-order chi connectivity index (χ0) is 13.4. The Morgan fingerprint density at radius 1 is 0.875 bits per heavy atom. The molecule has 0 aromatic carbocycles. The summed E-state index contributed by atoms with van der Waals surface area (Å²) in [4.78, 5) is 22.8. The lowest BCUT2D eigenvalue weighted by molar-refractivity contribution is -0.177. The minimum atomic E-state index is -1.74. The molecule has 0 aromatic heterocycles. The van der Waals surface area contributed by atoms with Crippen LogP contribution in [0.4, 0.5) is 0 Å². The lowest BCUT2D eigenvalue weighted by Crippen LogP contribution is -2.51. The number of carboxylic acid groups (broad SMARTS) is 2. The van der Waals surface area contributed by atoms with Crippen molar-refractivity contribution in [1.82, 2.24) is 0 Å². The summed E-state index contributed by atoms with van der Waals surface area (Å²) in [5, 5.41) is 18.6. The zero-order valence-electron chi connectivity index (χ0n) is 10.9. The minimum absolute atomic E-state index is 0.105. The molecular weight excluding hydrogens is 208 g/mol. The highest BCUT2D eigenvalue weighted by molar-refractivity contribution is 5.99. The predicted octanol–water partition coefficient (Wildman–Crippen LogP) is 2.62. The molecule has 0 spiro atoms. The fourth-order valence-corrected chi connectivity index (χ4v) is 1.94. The summed E-state index contributed by atoms with van der Waals surface area (Å²) in [7, 11) is 0. The van der Waals surface area contributed by atoms with Gasteiger partial charge in [0.1, 0.15) is 0 Å². The smallest absolute Gasteiger partial charge is 0.321 e. The summed E-state index contributed by atoms with van der Waals surface area (Å²) < 4.78 is 0. The molecule has 2 N–H and O–H groups in total. The van der Waals surface area contributed by atoms with E-state index in [4.69, 9.17) is 0 Å². The van der Waals surface area contributed by atoms with Gasteiger partial charge in [0, 0.05) is 0 Å². The Bertz CT molecular complexity index is 277.